The van der Waals surface area contributed by atoms with E-state index in [9.17, 15) is 8.42 Å². The van der Waals surface area contributed by atoms with Crippen LogP contribution in [0.25, 0.3) is 0 Å². The van der Waals surface area contributed by atoms with Gasteiger partial charge in [-0.2, -0.15) is 0 Å². The van der Waals surface area contributed by atoms with E-state index in [1.165, 1.54) is 0 Å². The molecule has 0 radical (unpaired) electrons. The maximum atomic E-state index is 12.1. The molecule has 0 bridgehead atoms. The quantitative estimate of drug-likeness (QED) is 0.758. The lowest BCUT2D eigenvalue weighted by Gasteiger charge is -2.11. The van der Waals surface area contributed by atoms with Crippen molar-refractivity contribution in [1.29, 1.82) is 0 Å². The molecule has 0 atom stereocenters. The van der Waals surface area contributed by atoms with Crippen molar-refractivity contribution in [1.82, 2.24) is 4.72 Å². The third-order valence-electron chi connectivity index (χ3n) is 2.51. The Hall–Kier alpha value is -1.33. The highest BCUT2D eigenvalue weighted by Gasteiger charge is 2.29. The van der Waals surface area contributed by atoms with Gasteiger partial charge in [-0.15, -0.1) is 6.58 Å². The van der Waals surface area contributed by atoms with Crippen LogP contribution in [0.15, 0.2) is 41.8 Å². The van der Waals surface area contributed by atoms with Crippen LogP contribution in [0.4, 0.5) is 5.69 Å². The van der Waals surface area contributed by atoms with Crippen LogP contribution in [0.3, 0.4) is 0 Å². The highest BCUT2D eigenvalue weighted by Crippen LogP contribution is 2.25. The van der Waals surface area contributed by atoms with Gasteiger partial charge >= 0.3 is 0 Å². The number of para-hydroxylation sites is 1. The fourth-order valence-electron chi connectivity index (χ4n) is 1.51. The van der Waals surface area contributed by atoms with Gasteiger partial charge in [0.25, 0.3) is 0 Å². The summed E-state index contributed by atoms with van der Waals surface area (Å²) in [6, 6.07) is 7.01. The zero-order valence-corrected chi connectivity index (χ0v) is 10.3. The van der Waals surface area contributed by atoms with Gasteiger partial charge in [-0.3, -0.25) is 0 Å². The molecule has 5 heteroatoms. The minimum Gasteiger partial charge on any atom is -0.380 e. The Morgan fingerprint density at radius 3 is 2.71 bits per heavy atom. The monoisotopic (exact) mass is 252 g/mol. The van der Waals surface area contributed by atoms with Crippen LogP contribution < -0.4 is 10.0 Å². The van der Waals surface area contributed by atoms with Crippen molar-refractivity contribution < 1.29 is 8.42 Å². The summed E-state index contributed by atoms with van der Waals surface area (Å²) in [6.45, 7) is 4.14. The number of rotatable bonds is 6. The second-order valence-corrected chi connectivity index (χ2v) is 5.74. The van der Waals surface area contributed by atoms with Gasteiger partial charge in [0.15, 0.2) is 0 Å². The van der Waals surface area contributed by atoms with Crippen LogP contribution in [-0.2, 0) is 10.0 Å². The molecule has 1 aromatic rings. The Kier molecular flexibility index (Phi) is 3.49. The molecule has 1 saturated carbocycles. The van der Waals surface area contributed by atoms with Gasteiger partial charge in [-0.05, 0) is 25.0 Å². The summed E-state index contributed by atoms with van der Waals surface area (Å²) in [6.07, 6.45) is 3.56. The molecule has 17 heavy (non-hydrogen) atoms. The third-order valence-corrected chi connectivity index (χ3v) is 4.09. The normalized spacial score (nSPS) is 15.5. The van der Waals surface area contributed by atoms with E-state index in [-0.39, 0.29) is 6.04 Å². The SMILES string of the molecule is C=CCNc1ccccc1S(=O)(=O)NC1CC1. The van der Waals surface area contributed by atoms with E-state index in [0.29, 0.717) is 17.1 Å². The zero-order chi connectivity index (χ0) is 12.3. The molecule has 1 fully saturated rings. The molecule has 0 spiro atoms. The first kappa shape index (κ1) is 12.1. The fraction of sp³-hybridized carbons (Fsp3) is 0.333. The number of benzene rings is 1. The van der Waals surface area contributed by atoms with E-state index >= 15 is 0 Å². The molecule has 1 aliphatic rings. The van der Waals surface area contributed by atoms with Gasteiger partial charge in [-0.1, -0.05) is 18.2 Å². The molecule has 4 nitrogen and oxygen atoms in total. The van der Waals surface area contributed by atoms with Crippen molar-refractivity contribution in [2.45, 2.75) is 23.8 Å². The first-order valence-electron chi connectivity index (χ1n) is 5.59. The highest BCUT2D eigenvalue weighted by atomic mass is 32.2. The fourth-order valence-corrected chi connectivity index (χ4v) is 3.00. The Labute approximate surface area is 102 Å². The van der Waals surface area contributed by atoms with E-state index in [2.05, 4.69) is 16.6 Å². The minimum atomic E-state index is -3.40. The second kappa shape index (κ2) is 4.89. The summed E-state index contributed by atoms with van der Waals surface area (Å²) in [5.74, 6) is 0. The average molecular weight is 252 g/mol. The van der Waals surface area contributed by atoms with Crippen molar-refractivity contribution in [3.8, 4) is 0 Å². The van der Waals surface area contributed by atoms with Gasteiger partial charge in [0.1, 0.15) is 4.90 Å². The number of nitrogens with one attached hydrogen (secondary N) is 2. The molecule has 92 valence electrons. The maximum absolute atomic E-state index is 12.1. The molecule has 2 N–H and O–H groups in total. The van der Waals surface area contributed by atoms with Gasteiger partial charge < -0.3 is 5.32 Å². The predicted molar refractivity (Wildman–Crippen MR) is 68.5 cm³/mol. The molecule has 0 amide bonds. The van der Waals surface area contributed by atoms with Gasteiger partial charge in [-0.25, -0.2) is 13.1 Å². The van der Waals surface area contributed by atoms with Gasteiger partial charge in [0.05, 0.1) is 5.69 Å². The first-order chi connectivity index (χ1) is 8.13. The lowest BCUT2D eigenvalue weighted by molar-refractivity contribution is 0.581. The zero-order valence-electron chi connectivity index (χ0n) is 9.52. The van der Waals surface area contributed by atoms with E-state index < -0.39 is 10.0 Å². The van der Waals surface area contributed by atoms with E-state index in [4.69, 9.17) is 0 Å². The Morgan fingerprint density at radius 1 is 1.35 bits per heavy atom. The van der Waals surface area contributed by atoms with Crippen LogP contribution in [-0.4, -0.2) is 21.0 Å². The molecule has 0 saturated heterocycles. The van der Waals surface area contributed by atoms with Crippen LogP contribution in [0.1, 0.15) is 12.8 Å². The summed E-state index contributed by atoms with van der Waals surface area (Å²) in [5.41, 5.74) is 0.612. The summed E-state index contributed by atoms with van der Waals surface area (Å²) in [7, 11) is -3.40. The van der Waals surface area contributed by atoms with Crippen molar-refractivity contribution in [2.75, 3.05) is 11.9 Å². The Bertz CT molecular complexity index is 507. The topological polar surface area (TPSA) is 58.2 Å². The van der Waals surface area contributed by atoms with Gasteiger partial charge in [0.2, 0.25) is 10.0 Å². The highest BCUT2D eigenvalue weighted by molar-refractivity contribution is 7.89. The number of hydrogen-bond donors (Lipinski definition) is 2. The molecule has 2 rings (SSSR count). The molecular weight excluding hydrogens is 236 g/mol. The molecule has 0 aromatic heterocycles. The van der Waals surface area contributed by atoms with Gasteiger partial charge in [0, 0.05) is 12.6 Å². The molecule has 0 unspecified atom stereocenters. The predicted octanol–water partition coefficient (Wildman–Crippen LogP) is 1.73. The van der Waals surface area contributed by atoms with Crippen molar-refractivity contribution in [2.24, 2.45) is 0 Å². The lowest BCUT2D eigenvalue weighted by atomic mass is 10.3. The van der Waals surface area contributed by atoms with E-state index in [1.54, 1.807) is 24.3 Å². The molecule has 0 aliphatic heterocycles. The second-order valence-electron chi connectivity index (χ2n) is 4.06. The standard InChI is InChI=1S/C12H16N2O2S/c1-2-9-13-11-5-3-4-6-12(11)17(15,16)14-10-7-8-10/h2-6,10,13-14H,1,7-9H2. The average Bonchev–Trinajstić information content (AvgIpc) is 3.10. The van der Waals surface area contributed by atoms with Crippen LogP contribution in [0.2, 0.25) is 0 Å². The largest absolute Gasteiger partial charge is 0.380 e. The van der Waals surface area contributed by atoms with E-state index in [1.807, 2.05) is 6.07 Å². The maximum Gasteiger partial charge on any atom is 0.242 e. The first-order valence-corrected chi connectivity index (χ1v) is 7.08. The molecule has 1 aliphatic carbocycles. The minimum absolute atomic E-state index is 0.118. The molecule has 0 heterocycles. The van der Waals surface area contributed by atoms with Crippen molar-refractivity contribution in [3.05, 3.63) is 36.9 Å². The third kappa shape index (κ3) is 3.08. The van der Waals surface area contributed by atoms with Crippen LogP contribution >= 0.6 is 0 Å². The van der Waals surface area contributed by atoms with Crippen molar-refractivity contribution in [3.63, 3.8) is 0 Å². The Balaban J connectivity index is 2.26. The Morgan fingerprint density at radius 2 is 2.06 bits per heavy atom. The van der Waals surface area contributed by atoms with Crippen molar-refractivity contribution >= 4 is 15.7 Å². The summed E-state index contributed by atoms with van der Waals surface area (Å²) in [5, 5.41) is 3.03. The van der Waals surface area contributed by atoms with Crippen LogP contribution in [0.5, 0.6) is 0 Å². The number of sulfonamides is 1. The smallest absolute Gasteiger partial charge is 0.242 e. The van der Waals surface area contributed by atoms with E-state index in [0.717, 1.165) is 12.8 Å². The lowest BCUT2D eigenvalue weighted by Crippen LogP contribution is -2.26. The summed E-state index contributed by atoms with van der Waals surface area (Å²) < 4.78 is 26.8. The molecule has 1 aromatic carbocycles. The number of hydrogen-bond acceptors (Lipinski definition) is 3. The van der Waals surface area contributed by atoms with Crippen LogP contribution in [0, 0.1) is 0 Å². The summed E-state index contributed by atoms with van der Waals surface area (Å²) in [4.78, 5) is 0.300. The summed E-state index contributed by atoms with van der Waals surface area (Å²) >= 11 is 0. The molecular formula is C12H16N2O2S. The number of anilines is 1.